The molecule has 0 aliphatic carbocycles. The monoisotopic (exact) mass is 850 g/mol. The van der Waals surface area contributed by atoms with Gasteiger partial charge < -0.3 is 0 Å². The van der Waals surface area contributed by atoms with Gasteiger partial charge in [-0.2, -0.15) is 31.7 Å². The second-order valence-electron chi connectivity index (χ2n) is 12.6. The molecule has 0 saturated carbocycles. The molecule has 0 aliphatic heterocycles. The molecule has 57 heavy (non-hydrogen) atoms. The Morgan fingerprint density at radius 2 is 0.368 bits per heavy atom. The third kappa shape index (κ3) is 12.9. The van der Waals surface area contributed by atoms with E-state index in [-0.39, 0.29) is 0 Å². The second kappa shape index (κ2) is 23.9. The molecule has 0 bridgehead atoms. The Morgan fingerprint density at radius 1 is 0.263 bits per heavy atom. The predicted octanol–water partition coefficient (Wildman–Crippen LogP) is 11.1. The summed E-state index contributed by atoms with van der Waals surface area (Å²) in [5.41, 5.74) is 0. The molecule has 0 fully saturated rings. The molecule has 284 valence electrons. The van der Waals surface area contributed by atoms with Gasteiger partial charge in [-0.15, -0.1) is 0 Å². The summed E-state index contributed by atoms with van der Waals surface area (Å²) >= 11 is 3.36. The average Bonchev–Trinajstić information content (AvgIpc) is 3.30. The van der Waals surface area contributed by atoms with Crippen LogP contribution >= 0.6 is 31.7 Å². The van der Waals surface area contributed by atoms with Crippen LogP contribution in [0.5, 0.6) is 0 Å². The van der Waals surface area contributed by atoms with Crippen LogP contribution in [0.4, 0.5) is 0 Å². The predicted molar refractivity (Wildman–Crippen MR) is 257 cm³/mol. The Bertz CT molecular complexity index is 1780. The van der Waals surface area contributed by atoms with Crippen LogP contribution < -0.4 is 42.4 Å². The first-order valence-electron chi connectivity index (χ1n) is 18.9. The van der Waals surface area contributed by atoms with Gasteiger partial charge in [-0.1, -0.05) is 285 Å². The summed E-state index contributed by atoms with van der Waals surface area (Å²) in [6.45, 7) is 1.89. The Kier molecular flexibility index (Phi) is 17.8. The molecule has 0 unspecified atom stereocenters. The Hall–Kier alpha value is -4.13. The largest absolute Gasteiger partial charge is 0.259 e. The van der Waals surface area contributed by atoms with Crippen molar-refractivity contribution in [1.29, 1.82) is 0 Å². The van der Waals surface area contributed by atoms with E-state index in [1.807, 2.05) is 6.92 Å². The van der Waals surface area contributed by atoms with Gasteiger partial charge in [-0.25, -0.2) is 0 Å². The molecule has 0 amide bonds. The quantitative estimate of drug-likeness (QED) is 0.0653. The van der Waals surface area contributed by atoms with Crippen LogP contribution in [-0.4, -0.2) is 4.92 Å². The van der Waals surface area contributed by atoms with E-state index in [0.29, 0.717) is 0 Å². The van der Waals surface area contributed by atoms with E-state index in [2.05, 4.69) is 270 Å². The molecule has 0 atom stereocenters. The van der Waals surface area contributed by atoms with E-state index in [4.69, 9.17) is 0 Å². The van der Waals surface area contributed by atoms with Crippen molar-refractivity contribution in [1.82, 2.24) is 0 Å². The smallest absolute Gasteiger partial charge is 0.0502 e. The Morgan fingerprint density at radius 3 is 0.474 bits per heavy atom. The van der Waals surface area contributed by atoms with Crippen LogP contribution in [0.1, 0.15) is 6.92 Å². The SMILES string of the molecule is C[CH]=[Fe].c1ccc(P([CH-]P(c2ccccc2)c2ccccc2)c2ccccc2)cc1.c1ccc(P([CH-]P(c2ccccc2)c2ccccc2)c2ccccc2)cc1. The third-order valence-corrected chi connectivity index (χ3v) is 19.3. The Balaban J connectivity index is 0.000000180. The van der Waals surface area contributed by atoms with Crippen LogP contribution in [0.3, 0.4) is 0 Å². The molecule has 0 heterocycles. The zero-order chi connectivity index (χ0) is 39.3. The summed E-state index contributed by atoms with van der Waals surface area (Å²) in [7, 11) is -2.13. The molecule has 8 aromatic rings. The van der Waals surface area contributed by atoms with Crippen molar-refractivity contribution in [3.05, 3.63) is 254 Å². The molecular formula is C52H46FeP4-2. The minimum absolute atomic E-state index is 0.534. The average molecular weight is 851 g/mol. The molecule has 0 aliphatic rings. The summed E-state index contributed by atoms with van der Waals surface area (Å²) in [4.78, 5) is 1.75. The van der Waals surface area contributed by atoms with Gasteiger partial charge in [0.1, 0.15) is 0 Å². The van der Waals surface area contributed by atoms with Gasteiger partial charge >= 0.3 is 27.4 Å². The van der Waals surface area contributed by atoms with Gasteiger partial charge in [0, 0.05) is 0 Å². The van der Waals surface area contributed by atoms with Gasteiger partial charge in [-0.05, 0) is 0 Å². The summed E-state index contributed by atoms with van der Waals surface area (Å²) in [6, 6.07) is 87.3. The van der Waals surface area contributed by atoms with E-state index in [0.717, 1.165) is 0 Å². The zero-order valence-corrected chi connectivity index (χ0v) is 36.7. The van der Waals surface area contributed by atoms with Crippen molar-refractivity contribution in [3.8, 4) is 0 Å². The molecule has 8 aromatic carbocycles. The van der Waals surface area contributed by atoms with E-state index < -0.39 is 31.7 Å². The fourth-order valence-corrected chi connectivity index (χ4v) is 17.3. The molecule has 0 nitrogen and oxygen atoms in total. The summed E-state index contributed by atoms with van der Waals surface area (Å²) < 4.78 is 0. The molecule has 0 saturated heterocycles. The normalized spacial score (nSPS) is 10.7. The van der Waals surface area contributed by atoms with E-state index in [9.17, 15) is 0 Å². The van der Waals surface area contributed by atoms with Crippen molar-refractivity contribution in [2.75, 3.05) is 0 Å². The van der Waals surface area contributed by atoms with Crippen molar-refractivity contribution >= 4 is 79.0 Å². The third-order valence-electron chi connectivity index (χ3n) is 8.74. The van der Waals surface area contributed by atoms with Crippen molar-refractivity contribution in [2.45, 2.75) is 6.92 Å². The summed E-state index contributed by atoms with van der Waals surface area (Å²) in [5, 5.41) is 11.2. The van der Waals surface area contributed by atoms with Crippen molar-refractivity contribution < 1.29 is 15.6 Å². The van der Waals surface area contributed by atoms with Crippen LogP contribution in [0.2, 0.25) is 0 Å². The molecular weight excluding hydrogens is 804 g/mol. The fourth-order valence-electron chi connectivity index (χ4n) is 6.07. The summed E-state index contributed by atoms with van der Waals surface area (Å²) in [5.74, 6) is 5.22. The van der Waals surface area contributed by atoms with Gasteiger partial charge in [-0.3, -0.25) is 11.8 Å². The molecule has 0 N–H and O–H groups in total. The minimum atomic E-state index is -0.534. The van der Waals surface area contributed by atoms with Crippen LogP contribution in [0.25, 0.3) is 0 Å². The second-order valence-corrected chi connectivity index (χ2v) is 22.2. The number of rotatable bonds is 12. The minimum Gasteiger partial charge on any atom is -0.259 e. The number of benzene rings is 8. The van der Waals surface area contributed by atoms with Crippen LogP contribution in [-0.2, 0) is 15.6 Å². The maximum absolute atomic E-state index is 3.36. The van der Waals surface area contributed by atoms with E-state index in [1.54, 1.807) is 4.92 Å². The zero-order valence-electron chi connectivity index (χ0n) is 32.0. The molecule has 0 radical (unpaired) electrons. The maximum atomic E-state index is 3.36. The molecule has 8 rings (SSSR count). The maximum Gasteiger partial charge on any atom is -0.0502 e. The Labute approximate surface area is 353 Å². The first kappa shape index (κ1) is 42.5. The number of hydrogen-bond donors (Lipinski definition) is 0. The standard InChI is InChI=1S/2C25H21P2.C2H4.Fe/c2*1-5-13-22(14-6-1)26(23-15-7-2-8-16-23)21-27(24-17-9-3-10-18-24)25-19-11-4-12-20-25;1-2;/h2*1-21H;1H,2H3;/q2*-1;;. The van der Waals surface area contributed by atoms with Gasteiger partial charge in [0.25, 0.3) is 0 Å². The topological polar surface area (TPSA) is 0 Å². The van der Waals surface area contributed by atoms with Crippen LogP contribution in [0, 0.1) is 11.8 Å². The van der Waals surface area contributed by atoms with Gasteiger partial charge in [0.2, 0.25) is 0 Å². The summed E-state index contributed by atoms with van der Waals surface area (Å²) in [6.07, 6.45) is 0. The van der Waals surface area contributed by atoms with Gasteiger partial charge in [0.05, 0.1) is 0 Å². The molecule has 0 spiro atoms. The molecule has 5 heteroatoms. The van der Waals surface area contributed by atoms with E-state index in [1.165, 1.54) is 42.4 Å². The first-order valence-corrected chi connectivity index (χ1v) is 25.2. The van der Waals surface area contributed by atoms with Gasteiger partial charge in [0.15, 0.2) is 0 Å². The van der Waals surface area contributed by atoms with E-state index >= 15 is 0 Å². The van der Waals surface area contributed by atoms with Crippen molar-refractivity contribution in [2.24, 2.45) is 0 Å². The first-order chi connectivity index (χ1) is 28.2. The number of hydrogen-bond acceptors (Lipinski definition) is 0. The van der Waals surface area contributed by atoms with Crippen LogP contribution in [0.15, 0.2) is 243 Å². The molecule has 0 aromatic heterocycles. The fraction of sp³-hybridized carbons (Fsp3) is 0.0192. The van der Waals surface area contributed by atoms with Crippen molar-refractivity contribution in [3.63, 3.8) is 0 Å².